The molecular weight excluding hydrogens is 258 g/mol. The Morgan fingerprint density at radius 2 is 1.73 bits per heavy atom. The van der Waals surface area contributed by atoms with Gasteiger partial charge in [-0.15, -0.1) is 0 Å². The largest absolute Gasteiger partial charge is 0.481 e. The Bertz CT molecular complexity index is 178. The van der Waals surface area contributed by atoms with E-state index >= 15 is 0 Å². The molecule has 0 aliphatic heterocycles. The molecule has 0 rings (SSSR count). The molecule has 0 aromatic carbocycles. The fourth-order valence-electron chi connectivity index (χ4n) is 1.06. The molecule has 1 N–H and O–H groups in total. The number of alkyl halides is 1. The van der Waals surface area contributed by atoms with Gasteiger partial charge in [0.15, 0.2) is 0 Å². The van der Waals surface area contributed by atoms with Crippen LogP contribution >= 0.6 is 15.9 Å². The van der Waals surface area contributed by atoms with Gasteiger partial charge in [-0.25, -0.2) is 0 Å². The third-order valence-electron chi connectivity index (χ3n) is 1.80. The molecule has 88 valence electrons. The number of hydrogen-bond acceptors (Lipinski definition) is 2. The lowest BCUT2D eigenvalue weighted by molar-refractivity contribution is -0.137. The van der Waals surface area contributed by atoms with Gasteiger partial charge in [0.25, 0.3) is 0 Å². The lowest BCUT2D eigenvalue weighted by Gasteiger charge is -1.97. The summed E-state index contributed by atoms with van der Waals surface area (Å²) in [4.78, 5) is 10.1. The number of halogens is 1. The molecule has 0 fully saturated rings. The number of hydrogen-bond donors (Lipinski definition) is 1. The number of nitriles is 1. The van der Waals surface area contributed by atoms with E-state index in [4.69, 9.17) is 10.4 Å². The number of nitrogens with zero attached hydrogens (tertiary/aromatic N) is 1. The van der Waals surface area contributed by atoms with Gasteiger partial charge in [-0.3, -0.25) is 4.79 Å². The van der Waals surface area contributed by atoms with Crippen LogP contribution in [0.1, 0.15) is 51.9 Å². The van der Waals surface area contributed by atoms with Gasteiger partial charge in [-0.1, -0.05) is 55.0 Å². The second-order valence-electron chi connectivity index (χ2n) is 3.20. The van der Waals surface area contributed by atoms with E-state index in [9.17, 15) is 4.79 Å². The molecule has 0 unspecified atom stereocenters. The first-order chi connectivity index (χ1) is 7.18. The quantitative estimate of drug-likeness (QED) is 0.570. The van der Waals surface area contributed by atoms with E-state index < -0.39 is 5.97 Å². The van der Waals surface area contributed by atoms with Crippen molar-refractivity contribution in [3.8, 4) is 6.07 Å². The van der Waals surface area contributed by atoms with Crippen LogP contribution in [-0.4, -0.2) is 16.4 Å². The summed E-state index contributed by atoms with van der Waals surface area (Å²) in [6.07, 6.45) is 7.25. The number of rotatable bonds is 7. The molecule has 0 aliphatic carbocycles. The second-order valence-corrected chi connectivity index (χ2v) is 3.76. The van der Waals surface area contributed by atoms with Crippen LogP contribution in [0.4, 0.5) is 0 Å². The minimum Gasteiger partial charge on any atom is -0.481 e. The minimum absolute atomic E-state index is 0.339. The molecule has 0 atom stereocenters. The minimum atomic E-state index is -0.666. The fourth-order valence-corrected chi connectivity index (χ4v) is 1.06. The van der Waals surface area contributed by atoms with Gasteiger partial charge in [0.05, 0.1) is 11.4 Å². The summed E-state index contributed by atoms with van der Waals surface area (Å²) in [6.45, 7) is 2.18. The van der Waals surface area contributed by atoms with Gasteiger partial charge in [-0.2, -0.15) is 5.26 Å². The van der Waals surface area contributed by atoms with Crippen LogP contribution in [0.15, 0.2) is 0 Å². The van der Waals surface area contributed by atoms with Crippen LogP contribution < -0.4 is 0 Å². The molecule has 15 heavy (non-hydrogen) atoms. The average Bonchev–Trinajstić information content (AvgIpc) is 2.23. The fraction of sp³-hybridized carbons (Fsp3) is 0.818. The zero-order valence-corrected chi connectivity index (χ0v) is 10.9. The Kier molecular flexibility index (Phi) is 17.9. The predicted octanol–water partition coefficient (Wildman–Crippen LogP) is 3.73. The standard InChI is InChI=1S/C9H18O2.C2H2BrN/c1-2-3-4-5-6-7-8-9(10)11;3-1-2-4/h2-8H2,1H3,(H,10,11);1H2. The summed E-state index contributed by atoms with van der Waals surface area (Å²) in [7, 11) is 0. The number of carboxylic acids is 1. The second kappa shape index (κ2) is 15.9. The van der Waals surface area contributed by atoms with Crippen molar-refractivity contribution in [2.75, 3.05) is 5.33 Å². The molecule has 0 aromatic rings. The SMILES string of the molecule is CCCCCCCCC(=O)O.N#CCBr. The normalized spacial score (nSPS) is 8.60. The first-order valence-corrected chi connectivity index (χ1v) is 6.45. The van der Waals surface area contributed by atoms with Crippen molar-refractivity contribution >= 4 is 21.9 Å². The first-order valence-electron chi connectivity index (χ1n) is 5.33. The summed E-state index contributed by atoms with van der Waals surface area (Å²) in [5.41, 5.74) is 0. The Morgan fingerprint density at radius 1 is 1.27 bits per heavy atom. The Morgan fingerprint density at radius 3 is 2.13 bits per heavy atom. The van der Waals surface area contributed by atoms with Crippen LogP contribution in [0.5, 0.6) is 0 Å². The number of carboxylic acid groups (broad SMARTS) is 1. The van der Waals surface area contributed by atoms with Crippen LogP contribution in [0, 0.1) is 11.3 Å². The van der Waals surface area contributed by atoms with E-state index in [1.807, 2.05) is 6.07 Å². The maximum Gasteiger partial charge on any atom is 0.303 e. The monoisotopic (exact) mass is 277 g/mol. The molecular formula is C11H20BrNO2. The third-order valence-corrected chi connectivity index (χ3v) is 2.05. The van der Waals surface area contributed by atoms with Crippen LogP contribution in [-0.2, 0) is 4.79 Å². The summed E-state index contributed by atoms with van der Waals surface area (Å²) in [5.74, 6) is -0.666. The van der Waals surface area contributed by atoms with Crippen molar-refractivity contribution in [1.82, 2.24) is 0 Å². The lowest BCUT2D eigenvalue weighted by Crippen LogP contribution is -1.93. The number of carbonyl (C=O) groups is 1. The smallest absolute Gasteiger partial charge is 0.303 e. The van der Waals surface area contributed by atoms with Gasteiger partial charge >= 0.3 is 5.97 Å². The highest BCUT2D eigenvalue weighted by Gasteiger charge is 1.95. The zero-order valence-electron chi connectivity index (χ0n) is 9.34. The summed E-state index contributed by atoms with van der Waals surface area (Å²) in [6, 6.07) is 1.85. The van der Waals surface area contributed by atoms with Crippen molar-refractivity contribution in [2.24, 2.45) is 0 Å². The van der Waals surface area contributed by atoms with Crippen molar-refractivity contribution in [2.45, 2.75) is 51.9 Å². The molecule has 4 heteroatoms. The van der Waals surface area contributed by atoms with Crippen molar-refractivity contribution in [1.29, 1.82) is 5.26 Å². The Balaban J connectivity index is 0. The molecule has 0 aliphatic rings. The highest BCUT2D eigenvalue weighted by atomic mass is 79.9. The molecule has 0 radical (unpaired) electrons. The van der Waals surface area contributed by atoms with Gasteiger partial charge in [0.1, 0.15) is 0 Å². The molecule has 0 amide bonds. The topological polar surface area (TPSA) is 61.1 Å². The summed E-state index contributed by atoms with van der Waals surface area (Å²) in [5, 5.41) is 16.3. The van der Waals surface area contributed by atoms with Crippen molar-refractivity contribution in [3.63, 3.8) is 0 Å². The highest BCUT2D eigenvalue weighted by molar-refractivity contribution is 9.09. The van der Waals surface area contributed by atoms with E-state index in [0.717, 1.165) is 12.8 Å². The van der Waals surface area contributed by atoms with Crippen LogP contribution in [0.3, 0.4) is 0 Å². The summed E-state index contributed by atoms with van der Waals surface area (Å²) >= 11 is 2.89. The van der Waals surface area contributed by atoms with E-state index in [2.05, 4.69) is 22.9 Å². The molecule has 0 aromatic heterocycles. The summed E-state index contributed by atoms with van der Waals surface area (Å²) < 4.78 is 0. The van der Waals surface area contributed by atoms with Gasteiger partial charge in [0.2, 0.25) is 0 Å². The molecule has 0 spiro atoms. The number of unbranched alkanes of at least 4 members (excludes halogenated alkanes) is 5. The highest BCUT2D eigenvalue weighted by Crippen LogP contribution is 2.06. The Labute approximate surface area is 101 Å². The Hall–Kier alpha value is -0.560. The zero-order chi connectivity index (χ0) is 11.9. The van der Waals surface area contributed by atoms with Crippen molar-refractivity contribution < 1.29 is 9.90 Å². The third kappa shape index (κ3) is 24.7. The van der Waals surface area contributed by atoms with Crippen LogP contribution in [0.2, 0.25) is 0 Å². The average molecular weight is 278 g/mol. The maximum absolute atomic E-state index is 10.1. The first kappa shape index (κ1) is 16.9. The van der Waals surface area contributed by atoms with Crippen molar-refractivity contribution in [3.05, 3.63) is 0 Å². The van der Waals surface area contributed by atoms with Crippen LogP contribution in [0.25, 0.3) is 0 Å². The lowest BCUT2D eigenvalue weighted by atomic mass is 10.1. The number of aliphatic carboxylic acids is 1. The van der Waals surface area contributed by atoms with Gasteiger partial charge in [0, 0.05) is 6.42 Å². The molecule has 0 bridgehead atoms. The van der Waals surface area contributed by atoms with E-state index in [0.29, 0.717) is 11.8 Å². The van der Waals surface area contributed by atoms with Gasteiger partial charge in [-0.05, 0) is 6.42 Å². The van der Waals surface area contributed by atoms with E-state index in [1.165, 1.54) is 25.7 Å². The van der Waals surface area contributed by atoms with Gasteiger partial charge < -0.3 is 5.11 Å². The van der Waals surface area contributed by atoms with E-state index in [-0.39, 0.29) is 0 Å². The maximum atomic E-state index is 10.1. The van der Waals surface area contributed by atoms with E-state index in [1.54, 1.807) is 0 Å². The molecule has 0 heterocycles. The molecule has 3 nitrogen and oxygen atoms in total. The predicted molar refractivity (Wildman–Crippen MR) is 65.0 cm³/mol. The molecule has 0 saturated heterocycles. The molecule has 0 saturated carbocycles.